The number of amidine groups is 1. The molecule has 1 saturated heterocycles. The van der Waals surface area contributed by atoms with Crippen molar-refractivity contribution < 1.29 is 9.53 Å². The Labute approximate surface area is 163 Å². The van der Waals surface area contributed by atoms with Crippen molar-refractivity contribution in [1.29, 1.82) is 0 Å². The third-order valence-electron chi connectivity index (χ3n) is 4.12. The zero-order chi connectivity index (χ0) is 19.2. The van der Waals surface area contributed by atoms with Gasteiger partial charge < -0.3 is 15.0 Å². The summed E-state index contributed by atoms with van der Waals surface area (Å²) in [5.41, 5.74) is 3.15. The Kier molecular flexibility index (Phi) is 6.13. The number of hydrogen-bond donors (Lipinski definition) is 1. The van der Waals surface area contributed by atoms with E-state index in [1.54, 1.807) is 13.3 Å². The molecule has 1 aliphatic heterocycles. The molecule has 1 N–H and O–H groups in total. The lowest BCUT2D eigenvalue weighted by Gasteiger charge is -2.11. The molecule has 1 heterocycles. The van der Waals surface area contributed by atoms with E-state index in [0.717, 1.165) is 22.6 Å². The summed E-state index contributed by atoms with van der Waals surface area (Å²) in [6, 6.07) is 15.7. The second-order valence-corrected chi connectivity index (χ2v) is 7.48. The maximum absolute atomic E-state index is 12.2. The van der Waals surface area contributed by atoms with Gasteiger partial charge in [-0.25, -0.2) is 0 Å². The van der Waals surface area contributed by atoms with Crippen LogP contribution in [-0.2, 0) is 11.2 Å². The summed E-state index contributed by atoms with van der Waals surface area (Å²) in [5, 5.41) is 11.3. The molecule has 1 amide bonds. The van der Waals surface area contributed by atoms with E-state index in [1.165, 1.54) is 11.8 Å². The van der Waals surface area contributed by atoms with Crippen LogP contribution in [0.25, 0.3) is 0 Å². The van der Waals surface area contributed by atoms with Crippen LogP contribution in [-0.4, -0.2) is 43.7 Å². The minimum atomic E-state index is -0.202. The van der Waals surface area contributed by atoms with E-state index in [0.29, 0.717) is 11.6 Å². The van der Waals surface area contributed by atoms with Gasteiger partial charge in [0.05, 0.1) is 18.6 Å². The first kappa shape index (κ1) is 19.0. The third-order valence-corrected chi connectivity index (χ3v) is 5.19. The van der Waals surface area contributed by atoms with Crippen molar-refractivity contribution in [2.45, 2.75) is 11.7 Å². The first-order chi connectivity index (χ1) is 13.0. The Hall–Kier alpha value is -2.80. The predicted molar refractivity (Wildman–Crippen MR) is 112 cm³/mol. The molecule has 7 heteroatoms. The van der Waals surface area contributed by atoms with Crippen molar-refractivity contribution in [3.8, 4) is 5.75 Å². The zero-order valence-corrected chi connectivity index (χ0v) is 16.4. The number of benzene rings is 2. The van der Waals surface area contributed by atoms with Crippen molar-refractivity contribution >= 4 is 34.7 Å². The molecule has 2 aromatic carbocycles. The Morgan fingerprint density at radius 3 is 2.48 bits per heavy atom. The number of rotatable bonds is 6. The molecule has 0 unspecified atom stereocenters. The van der Waals surface area contributed by atoms with Crippen molar-refractivity contribution in [2.75, 3.05) is 26.1 Å². The van der Waals surface area contributed by atoms with Gasteiger partial charge in [0.1, 0.15) is 5.75 Å². The number of anilines is 1. The normalized spacial score (nSPS) is 18.1. The van der Waals surface area contributed by atoms with Crippen LogP contribution in [0.3, 0.4) is 0 Å². The van der Waals surface area contributed by atoms with Crippen molar-refractivity contribution in [3.05, 3.63) is 59.7 Å². The fourth-order valence-corrected chi connectivity index (χ4v) is 3.53. The summed E-state index contributed by atoms with van der Waals surface area (Å²) in [7, 11) is 5.63. The summed E-state index contributed by atoms with van der Waals surface area (Å²) < 4.78 is 5.15. The fourth-order valence-electron chi connectivity index (χ4n) is 2.57. The average Bonchev–Trinajstić information content (AvgIpc) is 3.02. The predicted octanol–water partition coefficient (Wildman–Crippen LogP) is 2.93. The minimum Gasteiger partial charge on any atom is -0.497 e. The van der Waals surface area contributed by atoms with Crippen molar-refractivity contribution in [3.63, 3.8) is 0 Å². The highest BCUT2D eigenvalue weighted by atomic mass is 32.2. The SMILES string of the molecule is COc1ccc(C[C@@H]2S/C(=N/N=C\c3ccc(N(C)C)cc3)NC2=O)cc1. The molecule has 1 aliphatic rings. The molecule has 0 spiro atoms. The molecule has 1 atom stereocenters. The Bertz CT molecular complexity index is 845. The number of hydrogen-bond acceptors (Lipinski definition) is 6. The summed E-state index contributed by atoms with van der Waals surface area (Å²) >= 11 is 1.40. The van der Waals surface area contributed by atoms with Crippen LogP contribution in [0.1, 0.15) is 11.1 Å². The molecule has 3 rings (SSSR count). The minimum absolute atomic E-state index is 0.0416. The van der Waals surface area contributed by atoms with Crippen LogP contribution in [0.4, 0.5) is 5.69 Å². The molecule has 0 saturated carbocycles. The van der Waals surface area contributed by atoms with Crippen molar-refractivity contribution in [1.82, 2.24) is 5.32 Å². The van der Waals surface area contributed by atoms with E-state index in [-0.39, 0.29) is 11.2 Å². The molecule has 140 valence electrons. The van der Waals surface area contributed by atoms with Crippen LogP contribution in [0.2, 0.25) is 0 Å². The number of nitrogens with one attached hydrogen (secondary N) is 1. The number of methoxy groups -OCH3 is 1. The number of carbonyl (C=O) groups is 1. The van der Waals surface area contributed by atoms with Gasteiger partial charge >= 0.3 is 0 Å². The first-order valence-corrected chi connectivity index (χ1v) is 9.42. The largest absolute Gasteiger partial charge is 0.497 e. The lowest BCUT2D eigenvalue weighted by atomic mass is 10.1. The number of nitrogens with zero attached hydrogens (tertiary/aromatic N) is 3. The van der Waals surface area contributed by atoms with Crippen LogP contribution < -0.4 is 15.0 Å². The molecule has 0 bridgehead atoms. The smallest absolute Gasteiger partial charge is 0.239 e. The van der Waals surface area contributed by atoms with Gasteiger partial charge in [0.2, 0.25) is 5.91 Å². The lowest BCUT2D eigenvalue weighted by molar-refractivity contribution is -0.118. The van der Waals surface area contributed by atoms with E-state index >= 15 is 0 Å². The summed E-state index contributed by atoms with van der Waals surface area (Å²) in [4.78, 5) is 14.2. The zero-order valence-electron chi connectivity index (χ0n) is 15.5. The Morgan fingerprint density at radius 1 is 1.15 bits per heavy atom. The second kappa shape index (κ2) is 8.73. The number of carbonyl (C=O) groups excluding carboxylic acids is 1. The highest BCUT2D eigenvalue weighted by molar-refractivity contribution is 8.15. The van der Waals surface area contributed by atoms with Crippen LogP contribution in [0.15, 0.2) is 58.7 Å². The van der Waals surface area contributed by atoms with E-state index in [1.807, 2.05) is 67.5 Å². The molecular formula is C20H22N4O2S. The van der Waals surface area contributed by atoms with Crippen molar-refractivity contribution in [2.24, 2.45) is 10.2 Å². The highest BCUT2D eigenvalue weighted by Crippen LogP contribution is 2.24. The summed E-state index contributed by atoms with van der Waals surface area (Å²) in [6.07, 6.45) is 2.31. The van der Waals surface area contributed by atoms with Gasteiger partial charge in [-0.1, -0.05) is 36.0 Å². The van der Waals surface area contributed by atoms with E-state index in [2.05, 4.69) is 15.5 Å². The van der Waals surface area contributed by atoms with Crippen LogP contribution in [0.5, 0.6) is 5.75 Å². The quantitative estimate of drug-likeness (QED) is 0.616. The van der Waals surface area contributed by atoms with Gasteiger partial charge in [0, 0.05) is 19.8 Å². The maximum atomic E-state index is 12.2. The first-order valence-electron chi connectivity index (χ1n) is 8.54. The van der Waals surface area contributed by atoms with Gasteiger partial charge in [0.15, 0.2) is 5.17 Å². The highest BCUT2D eigenvalue weighted by Gasteiger charge is 2.30. The topological polar surface area (TPSA) is 66.3 Å². The molecule has 27 heavy (non-hydrogen) atoms. The molecule has 2 aromatic rings. The van der Waals surface area contributed by atoms with Gasteiger partial charge in [-0.2, -0.15) is 5.10 Å². The van der Waals surface area contributed by atoms with Crippen LogP contribution >= 0.6 is 11.8 Å². The molecule has 1 fully saturated rings. The van der Waals surface area contributed by atoms with Gasteiger partial charge in [0.25, 0.3) is 0 Å². The van der Waals surface area contributed by atoms with Gasteiger partial charge in [-0.3, -0.25) is 4.79 Å². The molecule has 6 nitrogen and oxygen atoms in total. The summed E-state index contributed by atoms with van der Waals surface area (Å²) in [6.45, 7) is 0. The maximum Gasteiger partial charge on any atom is 0.239 e. The summed E-state index contributed by atoms with van der Waals surface area (Å²) in [5.74, 6) is 0.762. The van der Waals surface area contributed by atoms with E-state index < -0.39 is 0 Å². The molecular weight excluding hydrogens is 360 g/mol. The molecule has 0 radical (unpaired) electrons. The van der Waals surface area contributed by atoms with Gasteiger partial charge in [-0.05, 0) is 41.8 Å². The fraction of sp³-hybridized carbons (Fsp3) is 0.250. The van der Waals surface area contributed by atoms with E-state index in [9.17, 15) is 4.79 Å². The number of amides is 1. The average molecular weight is 382 g/mol. The third kappa shape index (κ3) is 5.10. The standard InChI is InChI=1S/C20H22N4O2S/c1-24(2)16-8-4-15(5-9-16)13-21-23-20-22-19(25)18(27-20)12-14-6-10-17(26-3)11-7-14/h4-11,13,18H,12H2,1-3H3,(H,22,23,25)/b21-13-/t18-/m0/s1. The Balaban J connectivity index is 1.58. The number of thioether (sulfide) groups is 1. The Morgan fingerprint density at radius 2 is 1.85 bits per heavy atom. The second-order valence-electron chi connectivity index (χ2n) is 6.28. The monoisotopic (exact) mass is 382 g/mol. The molecule has 0 aliphatic carbocycles. The lowest BCUT2D eigenvalue weighted by Crippen LogP contribution is -2.25. The van der Waals surface area contributed by atoms with Crippen LogP contribution in [0, 0.1) is 0 Å². The molecule has 0 aromatic heterocycles. The number of ether oxygens (including phenoxy) is 1. The van der Waals surface area contributed by atoms with Gasteiger partial charge in [-0.15, -0.1) is 5.10 Å². The van der Waals surface area contributed by atoms with E-state index in [4.69, 9.17) is 4.74 Å².